The number of likely N-dealkylation sites (tertiary alicyclic amines) is 1. The molecule has 0 aliphatic carbocycles. The average molecular weight is 551 g/mol. The third kappa shape index (κ3) is 4.69. The zero-order valence-corrected chi connectivity index (χ0v) is 23.6. The van der Waals surface area contributed by atoms with E-state index < -0.39 is 28.7 Å². The molecule has 3 N–H and O–H groups in total. The zero-order valence-electron chi connectivity index (χ0n) is 22.8. The highest BCUT2D eigenvalue weighted by Gasteiger charge is 2.74. The molecular formula is C30H38N4O4S. The van der Waals surface area contributed by atoms with Crippen molar-refractivity contribution in [3.05, 3.63) is 60.2 Å². The molecule has 3 amide bonds. The third-order valence-corrected chi connectivity index (χ3v) is 10.7. The van der Waals surface area contributed by atoms with Crippen molar-refractivity contribution in [1.82, 2.24) is 10.2 Å². The Balaban J connectivity index is 1.49. The molecule has 9 heteroatoms. The fraction of sp³-hybridized carbons (Fsp3) is 0.500. The lowest BCUT2D eigenvalue weighted by molar-refractivity contribution is -0.141. The summed E-state index contributed by atoms with van der Waals surface area (Å²) in [5.41, 5.74) is 2.72. The first-order valence-electron chi connectivity index (χ1n) is 13.9. The number of carbonyl (C=O) groups excluding carboxylic acids is 3. The van der Waals surface area contributed by atoms with Gasteiger partial charge in [0, 0.05) is 36.8 Å². The molecule has 3 aliphatic rings. The molecule has 2 unspecified atom stereocenters. The van der Waals surface area contributed by atoms with Gasteiger partial charge in [-0.15, -0.1) is 11.8 Å². The van der Waals surface area contributed by atoms with Crippen LogP contribution in [0.3, 0.4) is 0 Å². The summed E-state index contributed by atoms with van der Waals surface area (Å²) in [6.45, 7) is 5.71. The molecule has 208 valence electrons. The Morgan fingerprint density at radius 3 is 2.41 bits per heavy atom. The van der Waals surface area contributed by atoms with Gasteiger partial charge in [-0.25, -0.2) is 0 Å². The van der Waals surface area contributed by atoms with Crippen LogP contribution in [0.15, 0.2) is 54.6 Å². The lowest BCUT2D eigenvalue weighted by Gasteiger charge is -2.37. The number of hydrogen-bond donors (Lipinski definition) is 3. The van der Waals surface area contributed by atoms with Gasteiger partial charge in [-0.2, -0.15) is 0 Å². The predicted molar refractivity (Wildman–Crippen MR) is 155 cm³/mol. The van der Waals surface area contributed by atoms with Crippen LogP contribution in [0.2, 0.25) is 0 Å². The molecular weight excluding hydrogens is 512 g/mol. The van der Waals surface area contributed by atoms with Crippen molar-refractivity contribution in [1.29, 1.82) is 0 Å². The summed E-state index contributed by atoms with van der Waals surface area (Å²) in [4.78, 5) is 45.1. The van der Waals surface area contributed by atoms with Gasteiger partial charge in [-0.05, 0) is 62.9 Å². The maximum atomic E-state index is 14.2. The van der Waals surface area contributed by atoms with Crippen LogP contribution in [-0.4, -0.2) is 76.6 Å². The Hall–Kier alpha value is -3.04. The molecule has 8 nitrogen and oxygen atoms in total. The number of nitrogens with one attached hydrogen (secondary N) is 2. The van der Waals surface area contributed by atoms with E-state index >= 15 is 0 Å². The number of amides is 3. The molecule has 3 fully saturated rings. The number of aliphatic hydroxyl groups excluding tert-OH is 1. The van der Waals surface area contributed by atoms with E-state index in [1.165, 1.54) is 0 Å². The monoisotopic (exact) mass is 550 g/mol. The summed E-state index contributed by atoms with van der Waals surface area (Å²) in [5, 5.41) is 16.4. The summed E-state index contributed by atoms with van der Waals surface area (Å²) in [7, 11) is 1.60. The van der Waals surface area contributed by atoms with Crippen molar-refractivity contribution in [2.24, 2.45) is 11.8 Å². The number of carbonyl (C=O) groups is 3. The van der Waals surface area contributed by atoms with E-state index in [0.717, 1.165) is 30.8 Å². The lowest BCUT2D eigenvalue weighted by atomic mass is 9.70. The summed E-state index contributed by atoms with van der Waals surface area (Å²) >= 11 is 1.63. The highest BCUT2D eigenvalue weighted by Crippen LogP contribution is 2.66. The number of rotatable bonds is 10. The normalized spacial score (nSPS) is 27.8. The van der Waals surface area contributed by atoms with E-state index in [1.54, 1.807) is 23.7 Å². The van der Waals surface area contributed by atoms with Gasteiger partial charge >= 0.3 is 0 Å². The number of nitrogens with zero attached hydrogens (tertiary/aromatic N) is 2. The van der Waals surface area contributed by atoms with Crippen LogP contribution >= 0.6 is 11.8 Å². The largest absolute Gasteiger partial charge is 0.394 e. The third-order valence-electron chi connectivity index (χ3n) is 8.72. The van der Waals surface area contributed by atoms with Gasteiger partial charge in [0.25, 0.3) is 0 Å². The minimum absolute atomic E-state index is 0.00593. The first-order chi connectivity index (χ1) is 18.9. The van der Waals surface area contributed by atoms with Crippen LogP contribution in [-0.2, 0) is 20.8 Å². The highest BCUT2D eigenvalue weighted by molar-refractivity contribution is 8.02. The molecule has 2 bridgehead atoms. The van der Waals surface area contributed by atoms with Crippen molar-refractivity contribution in [2.75, 3.05) is 37.0 Å². The Kier molecular flexibility index (Phi) is 7.91. The molecule has 1 spiro atoms. The van der Waals surface area contributed by atoms with Gasteiger partial charge in [0.2, 0.25) is 17.7 Å². The second-order valence-corrected chi connectivity index (χ2v) is 12.3. The van der Waals surface area contributed by atoms with Crippen molar-refractivity contribution >= 4 is 40.9 Å². The second-order valence-electron chi connectivity index (χ2n) is 10.7. The average Bonchev–Trinajstić information content (AvgIpc) is 3.60. The van der Waals surface area contributed by atoms with Gasteiger partial charge in [0.15, 0.2) is 0 Å². The molecule has 3 heterocycles. The van der Waals surface area contributed by atoms with E-state index in [0.29, 0.717) is 18.5 Å². The topological polar surface area (TPSA) is 102 Å². The van der Waals surface area contributed by atoms with Gasteiger partial charge in [-0.1, -0.05) is 30.3 Å². The maximum Gasteiger partial charge on any atom is 0.248 e. The maximum absolute atomic E-state index is 14.2. The van der Waals surface area contributed by atoms with E-state index in [9.17, 15) is 19.5 Å². The first-order valence-corrected chi connectivity index (χ1v) is 14.8. The molecule has 5 rings (SSSR count). The van der Waals surface area contributed by atoms with E-state index in [1.807, 2.05) is 54.6 Å². The van der Waals surface area contributed by atoms with E-state index in [2.05, 4.69) is 29.4 Å². The Morgan fingerprint density at radius 2 is 1.79 bits per heavy atom. The summed E-state index contributed by atoms with van der Waals surface area (Å²) in [6, 6.07) is 16.1. The van der Waals surface area contributed by atoms with Crippen LogP contribution in [0.4, 0.5) is 11.4 Å². The highest BCUT2D eigenvalue weighted by atomic mass is 32.2. The fourth-order valence-corrected chi connectivity index (χ4v) is 9.15. The molecule has 2 aromatic carbocycles. The van der Waals surface area contributed by atoms with Crippen molar-refractivity contribution < 1.29 is 19.5 Å². The zero-order chi connectivity index (χ0) is 27.7. The number of thioether (sulfide) groups is 1. The Morgan fingerprint density at radius 1 is 1.10 bits per heavy atom. The SMILES string of the molecule is CCN(CC)c1ccc(NC(=O)C2N([C@@H](CO)Cc3ccccc3)C(=O)[C@@H]3[C@@H](C(=O)NC)[C@H]4CCC23S4)cc1. The van der Waals surface area contributed by atoms with Crippen LogP contribution in [0.5, 0.6) is 0 Å². The van der Waals surface area contributed by atoms with Crippen molar-refractivity contribution in [2.45, 2.75) is 55.2 Å². The number of aliphatic hydroxyl groups is 1. The van der Waals surface area contributed by atoms with Gasteiger partial charge in [-0.3, -0.25) is 14.4 Å². The van der Waals surface area contributed by atoms with Crippen LogP contribution < -0.4 is 15.5 Å². The Labute approximate surface area is 234 Å². The molecule has 2 aromatic rings. The Bertz CT molecular complexity index is 1210. The van der Waals surface area contributed by atoms with Gasteiger partial charge < -0.3 is 25.5 Å². The summed E-state index contributed by atoms with van der Waals surface area (Å²) < 4.78 is -0.700. The summed E-state index contributed by atoms with van der Waals surface area (Å²) in [6.07, 6.45) is 1.89. The van der Waals surface area contributed by atoms with Crippen LogP contribution in [0.1, 0.15) is 32.3 Å². The quantitative estimate of drug-likeness (QED) is 0.421. The summed E-state index contributed by atoms with van der Waals surface area (Å²) in [5.74, 6) is -1.69. The minimum atomic E-state index is -0.789. The molecule has 6 atom stereocenters. The number of anilines is 2. The predicted octanol–water partition coefficient (Wildman–Crippen LogP) is 2.91. The smallest absolute Gasteiger partial charge is 0.248 e. The molecule has 3 aliphatic heterocycles. The van der Waals surface area contributed by atoms with E-state index in [-0.39, 0.29) is 29.6 Å². The molecule has 0 aromatic heterocycles. The van der Waals surface area contributed by atoms with Gasteiger partial charge in [0.05, 0.1) is 29.2 Å². The lowest BCUT2D eigenvalue weighted by Crippen LogP contribution is -2.55. The number of hydrogen-bond acceptors (Lipinski definition) is 6. The van der Waals surface area contributed by atoms with E-state index in [4.69, 9.17) is 0 Å². The number of benzene rings is 2. The molecule has 0 radical (unpaired) electrons. The minimum Gasteiger partial charge on any atom is -0.394 e. The van der Waals surface area contributed by atoms with Crippen LogP contribution in [0, 0.1) is 11.8 Å². The fourth-order valence-electron chi connectivity index (χ4n) is 6.94. The number of fused-ring (bicyclic) bond motifs is 1. The van der Waals surface area contributed by atoms with Crippen LogP contribution in [0.25, 0.3) is 0 Å². The molecule has 39 heavy (non-hydrogen) atoms. The van der Waals surface area contributed by atoms with Crippen molar-refractivity contribution in [3.8, 4) is 0 Å². The standard InChI is InChI=1S/C30H38N4O4S/c1-4-33(5-2)21-13-11-20(12-14-21)32-28(37)26-30-16-15-23(39-30)24(27(36)31-3)25(30)29(38)34(26)22(18-35)17-19-9-7-6-8-10-19/h6-14,22-26,35H,4-5,15-18H2,1-3H3,(H,31,36)(H,32,37)/t22-,23-,24+,25+,26?,30?/m1/s1. The first kappa shape index (κ1) is 27.5. The second kappa shape index (κ2) is 11.2. The van der Waals surface area contributed by atoms with Crippen molar-refractivity contribution in [3.63, 3.8) is 0 Å². The molecule has 0 saturated carbocycles. The molecule has 3 saturated heterocycles. The van der Waals surface area contributed by atoms with Gasteiger partial charge in [0.1, 0.15) is 6.04 Å².